The van der Waals surface area contributed by atoms with E-state index in [1.807, 2.05) is 0 Å². The zero-order chi connectivity index (χ0) is 20.8. The fourth-order valence-electron chi connectivity index (χ4n) is 2.94. The number of hydrogen-bond donors (Lipinski definition) is 1. The number of halogens is 4. The molecule has 6 nitrogen and oxygen atoms in total. The Morgan fingerprint density at radius 2 is 1.86 bits per heavy atom. The van der Waals surface area contributed by atoms with Crippen LogP contribution in [0.4, 0.5) is 19.0 Å². The molecule has 2 aromatic heterocycles. The van der Waals surface area contributed by atoms with Gasteiger partial charge in [-0.1, -0.05) is 23.7 Å². The molecule has 0 spiro atoms. The van der Waals surface area contributed by atoms with Crippen LogP contribution in [0, 0.1) is 0 Å². The van der Waals surface area contributed by atoms with E-state index in [1.54, 1.807) is 34.9 Å². The van der Waals surface area contributed by atoms with E-state index in [4.69, 9.17) is 16.3 Å². The number of nitrogens with zero attached hydrogens (tertiary/aromatic N) is 2. The molecule has 29 heavy (non-hydrogen) atoms. The molecule has 11 heteroatoms. The number of rotatable bonds is 3. The van der Waals surface area contributed by atoms with Crippen molar-refractivity contribution in [3.63, 3.8) is 0 Å². The zero-order valence-electron chi connectivity index (χ0n) is 14.6. The van der Waals surface area contributed by atoms with Crippen molar-refractivity contribution in [1.29, 1.82) is 0 Å². The van der Waals surface area contributed by atoms with E-state index in [1.165, 1.54) is 0 Å². The number of benzene rings is 1. The molecule has 1 aliphatic heterocycles. The van der Waals surface area contributed by atoms with Gasteiger partial charge in [0.05, 0.1) is 11.3 Å². The van der Waals surface area contributed by atoms with Crippen molar-refractivity contribution < 1.29 is 26.3 Å². The third-order valence-corrected chi connectivity index (χ3v) is 5.87. The second-order valence-electron chi connectivity index (χ2n) is 6.31. The van der Waals surface area contributed by atoms with Gasteiger partial charge in [0.1, 0.15) is 16.7 Å². The van der Waals surface area contributed by atoms with Crippen molar-refractivity contribution in [2.45, 2.75) is 12.7 Å². The molecule has 0 bridgehead atoms. The van der Waals surface area contributed by atoms with Crippen molar-refractivity contribution in [1.82, 2.24) is 9.55 Å². The smallest absolute Gasteiger partial charge is 0.416 e. The summed E-state index contributed by atoms with van der Waals surface area (Å²) in [5, 5.41) is 0.394. The molecule has 3 heterocycles. The number of hydrogen-bond acceptors (Lipinski definition) is 4. The number of ether oxygens (including phenoxy) is 1. The van der Waals surface area contributed by atoms with Gasteiger partial charge >= 0.3 is 6.18 Å². The van der Waals surface area contributed by atoms with Gasteiger partial charge in [-0.15, -0.1) is 0 Å². The molecule has 1 aromatic carbocycles. The average Bonchev–Trinajstić information content (AvgIpc) is 2.96. The summed E-state index contributed by atoms with van der Waals surface area (Å²) in [6.07, 6.45) is -3.47. The van der Waals surface area contributed by atoms with Crippen LogP contribution < -0.4 is 9.46 Å². The Balaban J connectivity index is 1.60. The SMILES string of the molecule is O=S1(=O)CCn2c(Cl)cc(-c3ccc(Oc4cc(C(F)(F)F)ccn4)cc3)c2N1. The number of pyridine rings is 1. The highest BCUT2D eigenvalue weighted by Crippen LogP contribution is 2.38. The van der Waals surface area contributed by atoms with Crippen LogP contribution in [0.1, 0.15) is 5.56 Å². The Bertz CT molecular complexity index is 1180. The molecule has 0 saturated carbocycles. The lowest BCUT2D eigenvalue weighted by Crippen LogP contribution is -2.27. The molecule has 0 saturated heterocycles. The van der Waals surface area contributed by atoms with Crippen LogP contribution in [0.25, 0.3) is 11.1 Å². The van der Waals surface area contributed by atoms with Gasteiger partial charge in [0.15, 0.2) is 0 Å². The highest BCUT2D eigenvalue weighted by atomic mass is 35.5. The molecule has 3 aromatic rings. The highest BCUT2D eigenvalue weighted by molar-refractivity contribution is 7.92. The fourth-order valence-corrected chi connectivity index (χ4v) is 4.26. The highest BCUT2D eigenvalue weighted by Gasteiger charge is 2.31. The zero-order valence-corrected chi connectivity index (χ0v) is 16.1. The lowest BCUT2D eigenvalue weighted by molar-refractivity contribution is -0.137. The molecular formula is C18H13ClF3N3O3S. The molecule has 0 aliphatic carbocycles. The summed E-state index contributed by atoms with van der Waals surface area (Å²) in [6.45, 7) is 0.242. The van der Waals surface area contributed by atoms with Gasteiger partial charge in [0, 0.05) is 24.4 Å². The Morgan fingerprint density at radius 1 is 1.14 bits per heavy atom. The third-order valence-electron chi connectivity index (χ3n) is 4.33. The van der Waals surface area contributed by atoms with Crippen LogP contribution in [-0.4, -0.2) is 23.7 Å². The molecule has 0 unspecified atom stereocenters. The number of aromatic nitrogens is 2. The molecule has 0 atom stereocenters. The van der Waals surface area contributed by atoms with Crippen LogP contribution in [-0.2, 0) is 22.7 Å². The predicted molar refractivity (Wildman–Crippen MR) is 102 cm³/mol. The van der Waals surface area contributed by atoms with Crippen LogP contribution in [0.15, 0.2) is 48.7 Å². The summed E-state index contributed by atoms with van der Waals surface area (Å²) in [5.74, 6) is 0.393. The van der Waals surface area contributed by atoms with E-state index in [2.05, 4.69) is 9.71 Å². The first-order valence-corrected chi connectivity index (χ1v) is 10.4. The van der Waals surface area contributed by atoms with Gasteiger partial charge < -0.3 is 9.30 Å². The van der Waals surface area contributed by atoms with Gasteiger partial charge in [-0.3, -0.25) is 4.72 Å². The topological polar surface area (TPSA) is 73.2 Å². The van der Waals surface area contributed by atoms with Crippen LogP contribution in [0.3, 0.4) is 0 Å². The van der Waals surface area contributed by atoms with Crippen molar-refractivity contribution in [2.24, 2.45) is 0 Å². The molecule has 0 fully saturated rings. The third kappa shape index (κ3) is 4.03. The largest absolute Gasteiger partial charge is 0.439 e. The quantitative estimate of drug-likeness (QED) is 0.633. The summed E-state index contributed by atoms with van der Waals surface area (Å²) in [4.78, 5) is 3.79. The monoisotopic (exact) mass is 443 g/mol. The van der Waals surface area contributed by atoms with Crippen LogP contribution in [0.2, 0.25) is 5.15 Å². The summed E-state index contributed by atoms with van der Waals surface area (Å²) >= 11 is 6.20. The van der Waals surface area contributed by atoms with E-state index in [0.717, 1.165) is 18.3 Å². The van der Waals surface area contributed by atoms with Gasteiger partial charge in [-0.2, -0.15) is 13.2 Å². The molecular weight excluding hydrogens is 431 g/mol. The minimum absolute atomic E-state index is 0.0649. The minimum Gasteiger partial charge on any atom is -0.439 e. The van der Waals surface area contributed by atoms with E-state index < -0.39 is 21.8 Å². The first-order valence-electron chi connectivity index (χ1n) is 8.33. The van der Waals surface area contributed by atoms with Gasteiger partial charge in [0.2, 0.25) is 15.9 Å². The lowest BCUT2D eigenvalue weighted by Gasteiger charge is -2.19. The molecule has 0 radical (unpaired) electrons. The second-order valence-corrected chi connectivity index (χ2v) is 8.54. The van der Waals surface area contributed by atoms with Crippen molar-refractivity contribution in [3.8, 4) is 22.8 Å². The minimum atomic E-state index is -4.49. The molecule has 152 valence electrons. The van der Waals surface area contributed by atoms with E-state index >= 15 is 0 Å². The van der Waals surface area contributed by atoms with Crippen molar-refractivity contribution in [3.05, 3.63) is 59.4 Å². The second kappa shape index (κ2) is 6.96. The van der Waals surface area contributed by atoms with Gasteiger partial charge in [-0.05, 0) is 29.8 Å². The molecule has 1 aliphatic rings. The van der Waals surface area contributed by atoms with E-state index in [-0.39, 0.29) is 23.9 Å². The number of alkyl halides is 3. The Morgan fingerprint density at radius 3 is 2.55 bits per heavy atom. The molecule has 0 amide bonds. The number of sulfonamides is 1. The lowest BCUT2D eigenvalue weighted by atomic mass is 10.1. The first-order chi connectivity index (χ1) is 13.6. The Labute approximate surface area is 168 Å². The number of fused-ring (bicyclic) bond motifs is 1. The first kappa shape index (κ1) is 19.6. The van der Waals surface area contributed by atoms with E-state index in [0.29, 0.717) is 22.1 Å². The normalized spacial score (nSPS) is 15.4. The number of anilines is 1. The van der Waals surface area contributed by atoms with Gasteiger partial charge in [-0.25, -0.2) is 13.4 Å². The summed E-state index contributed by atoms with van der Waals surface area (Å²) in [7, 11) is -3.43. The van der Waals surface area contributed by atoms with Crippen molar-refractivity contribution >= 4 is 27.4 Å². The summed E-state index contributed by atoms with van der Waals surface area (Å²) in [6, 6.07) is 9.72. The van der Waals surface area contributed by atoms with Crippen LogP contribution in [0.5, 0.6) is 11.6 Å². The summed E-state index contributed by atoms with van der Waals surface area (Å²) < 4.78 is 71.7. The van der Waals surface area contributed by atoms with Crippen LogP contribution >= 0.6 is 11.6 Å². The van der Waals surface area contributed by atoms with E-state index in [9.17, 15) is 21.6 Å². The van der Waals surface area contributed by atoms with Gasteiger partial charge in [0.25, 0.3) is 0 Å². The summed E-state index contributed by atoms with van der Waals surface area (Å²) in [5.41, 5.74) is 0.387. The maximum absolute atomic E-state index is 12.8. The standard InChI is InChI=1S/C18H13ClF3N3O3S/c19-15-10-14(17-24-29(26,27)8-7-25(15)17)11-1-3-13(4-2-11)28-16-9-12(5-6-23-16)18(20,21)22/h1-6,9-10,24H,7-8H2. The number of nitrogens with one attached hydrogen (secondary N) is 1. The van der Waals surface area contributed by atoms with Crippen molar-refractivity contribution in [2.75, 3.05) is 10.5 Å². The predicted octanol–water partition coefficient (Wildman–Crippen LogP) is 4.77. The Hall–Kier alpha value is -2.72. The average molecular weight is 444 g/mol. The molecule has 4 rings (SSSR count). The fraction of sp³-hybridized carbons (Fsp3) is 0.167. The maximum Gasteiger partial charge on any atom is 0.416 e. The maximum atomic E-state index is 12.8. The Kier molecular flexibility index (Phi) is 4.70. The molecule has 1 N–H and O–H groups in total.